The first-order valence-corrected chi connectivity index (χ1v) is 7.27. The van der Waals surface area contributed by atoms with Gasteiger partial charge in [0.1, 0.15) is 5.52 Å². The SMILES string of the molecule is Cc1nc(CSc2nc3cc(N)ccc3o2)cs1. The lowest BCUT2D eigenvalue weighted by Crippen LogP contribution is -1.82. The zero-order valence-corrected chi connectivity index (χ0v) is 11.3. The van der Waals surface area contributed by atoms with Crippen LogP contribution in [0.4, 0.5) is 5.69 Å². The third-order valence-electron chi connectivity index (χ3n) is 2.40. The summed E-state index contributed by atoms with van der Waals surface area (Å²) in [7, 11) is 0. The highest BCUT2D eigenvalue weighted by Crippen LogP contribution is 2.27. The Morgan fingerprint density at radius 3 is 3.06 bits per heavy atom. The van der Waals surface area contributed by atoms with Crippen LogP contribution in [0.25, 0.3) is 11.1 Å². The molecule has 2 N–H and O–H groups in total. The summed E-state index contributed by atoms with van der Waals surface area (Å²) >= 11 is 3.20. The van der Waals surface area contributed by atoms with Gasteiger partial charge in [-0.2, -0.15) is 0 Å². The van der Waals surface area contributed by atoms with Crippen molar-refractivity contribution in [3.8, 4) is 0 Å². The fraction of sp³-hybridized carbons (Fsp3) is 0.167. The van der Waals surface area contributed by atoms with Gasteiger partial charge in [-0.1, -0.05) is 11.8 Å². The van der Waals surface area contributed by atoms with Crippen molar-refractivity contribution in [1.29, 1.82) is 0 Å². The van der Waals surface area contributed by atoms with E-state index in [9.17, 15) is 0 Å². The summed E-state index contributed by atoms with van der Waals surface area (Å²) in [5, 5.41) is 3.79. The van der Waals surface area contributed by atoms with Gasteiger partial charge in [-0.25, -0.2) is 9.97 Å². The molecule has 0 spiro atoms. The van der Waals surface area contributed by atoms with Crippen molar-refractivity contribution in [3.05, 3.63) is 34.3 Å². The number of thiazole rings is 1. The topological polar surface area (TPSA) is 64.9 Å². The molecule has 2 heterocycles. The fourth-order valence-corrected chi connectivity index (χ4v) is 3.04. The van der Waals surface area contributed by atoms with Crippen molar-refractivity contribution in [1.82, 2.24) is 9.97 Å². The average molecular weight is 277 g/mol. The van der Waals surface area contributed by atoms with Crippen molar-refractivity contribution in [2.45, 2.75) is 17.9 Å². The fourth-order valence-electron chi connectivity index (χ4n) is 1.60. The van der Waals surface area contributed by atoms with E-state index in [-0.39, 0.29) is 0 Å². The van der Waals surface area contributed by atoms with Crippen molar-refractivity contribution in [3.63, 3.8) is 0 Å². The monoisotopic (exact) mass is 277 g/mol. The second kappa shape index (κ2) is 4.62. The average Bonchev–Trinajstić information content (AvgIpc) is 2.92. The van der Waals surface area contributed by atoms with Crippen LogP contribution in [0.1, 0.15) is 10.7 Å². The summed E-state index contributed by atoms with van der Waals surface area (Å²) in [5.41, 5.74) is 9.02. The second-order valence-corrected chi connectivity index (χ2v) is 5.84. The number of oxazole rings is 1. The van der Waals surface area contributed by atoms with Crippen LogP contribution >= 0.6 is 23.1 Å². The largest absolute Gasteiger partial charge is 0.431 e. The van der Waals surface area contributed by atoms with E-state index in [0.717, 1.165) is 27.6 Å². The van der Waals surface area contributed by atoms with E-state index in [1.165, 1.54) is 0 Å². The van der Waals surface area contributed by atoms with Gasteiger partial charge in [0.15, 0.2) is 5.58 Å². The Kier molecular flexibility index (Phi) is 2.97. The minimum atomic E-state index is 0.654. The van der Waals surface area contributed by atoms with Crippen LogP contribution in [0.5, 0.6) is 0 Å². The molecule has 4 nitrogen and oxygen atoms in total. The van der Waals surface area contributed by atoms with E-state index in [4.69, 9.17) is 10.2 Å². The molecule has 0 saturated carbocycles. The Hall–Kier alpha value is -1.53. The molecule has 0 aliphatic rings. The number of rotatable bonds is 3. The molecule has 0 unspecified atom stereocenters. The van der Waals surface area contributed by atoms with Gasteiger partial charge in [0.2, 0.25) is 0 Å². The van der Waals surface area contributed by atoms with Crippen LogP contribution in [0.2, 0.25) is 0 Å². The minimum absolute atomic E-state index is 0.654. The number of benzene rings is 1. The summed E-state index contributed by atoms with van der Waals surface area (Å²) < 4.78 is 5.62. The molecule has 0 bridgehead atoms. The highest BCUT2D eigenvalue weighted by Gasteiger charge is 2.08. The normalized spacial score (nSPS) is 11.2. The molecule has 1 aromatic carbocycles. The van der Waals surface area contributed by atoms with E-state index >= 15 is 0 Å². The lowest BCUT2D eigenvalue weighted by atomic mass is 10.3. The molecule has 92 valence electrons. The predicted octanol–water partition coefficient (Wildman–Crippen LogP) is 3.47. The Balaban J connectivity index is 1.78. The Labute approximate surface area is 112 Å². The number of nitrogens with zero attached hydrogens (tertiary/aromatic N) is 2. The maximum absolute atomic E-state index is 5.70. The predicted molar refractivity (Wildman–Crippen MR) is 74.8 cm³/mol. The van der Waals surface area contributed by atoms with Crippen LogP contribution in [0.3, 0.4) is 0 Å². The maximum Gasteiger partial charge on any atom is 0.257 e. The molecule has 6 heteroatoms. The first kappa shape index (κ1) is 11.6. The maximum atomic E-state index is 5.70. The van der Waals surface area contributed by atoms with E-state index in [2.05, 4.69) is 15.3 Å². The summed E-state index contributed by atoms with van der Waals surface area (Å²) in [6.07, 6.45) is 0. The summed E-state index contributed by atoms with van der Waals surface area (Å²) in [4.78, 5) is 8.79. The van der Waals surface area contributed by atoms with Gasteiger partial charge in [0.05, 0.1) is 10.7 Å². The summed E-state index contributed by atoms with van der Waals surface area (Å²) in [6.45, 7) is 2.00. The van der Waals surface area contributed by atoms with Crippen molar-refractivity contribution in [2.24, 2.45) is 0 Å². The molecule has 0 fully saturated rings. The molecule has 0 radical (unpaired) electrons. The van der Waals surface area contributed by atoms with Crippen LogP contribution < -0.4 is 5.73 Å². The molecule has 0 saturated heterocycles. The molecule has 0 amide bonds. The smallest absolute Gasteiger partial charge is 0.257 e. The number of nitrogens with two attached hydrogens (primary N) is 1. The Bertz CT molecular complexity index is 690. The minimum Gasteiger partial charge on any atom is -0.431 e. The quantitative estimate of drug-likeness (QED) is 0.586. The highest BCUT2D eigenvalue weighted by atomic mass is 32.2. The third kappa shape index (κ3) is 2.34. The molecular weight excluding hydrogens is 266 g/mol. The number of hydrogen-bond acceptors (Lipinski definition) is 6. The number of aromatic nitrogens is 2. The van der Waals surface area contributed by atoms with Gasteiger partial charge in [-0.3, -0.25) is 0 Å². The standard InChI is InChI=1S/C12H11N3OS2/c1-7-14-9(5-17-7)6-18-12-15-10-4-8(13)2-3-11(10)16-12/h2-5H,6,13H2,1H3. The van der Waals surface area contributed by atoms with Crippen molar-refractivity contribution >= 4 is 39.9 Å². The first-order chi connectivity index (χ1) is 8.70. The molecule has 2 aromatic heterocycles. The molecule has 3 rings (SSSR count). The zero-order chi connectivity index (χ0) is 12.5. The first-order valence-electron chi connectivity index (χ1n) is 5.40. The van der Waals surface area contributed by atoms with Crippen LogP contribution in [0, 0.1) is 6.92 Å². The van der Waals surface area contributed by atoms with E-state index in [1.807, 2.05) is 25.1 Å². The Morgan fingerprint density at radius 2 is 2.28 bits per heavy atom. The van der Waals surface area contributed by atoms with E-state index < -0.39 is 0 Å². The van der Waals surface area contributed by atoms with Gasteiger partial charge in [-0.05, 0) is 25.1 Å². The van der Waals surface area contributed by atoms with E-state index in [1.54, 1.807) is 23.1 Å². The molecule has 18 heavy (non-hydrogen) atoms. The third-order valence-corrected chi connectivity index (χ3v) is 4.09. The summed E-state index contributed by atoms with van der Waals surface area (Å²) in [6, 6.07) is 5.47. The molecular formula is C12H11N3OS2. The van der Waals surface area contributed by atoms with Crippen molar-refractivity contribution < 1.29 is 4.42 Å². The second-order valence-electron chi connectivity index (χ2n) is 3.85. The Morgan fingerprint density at radius 1 is 1.39 bits per heavy atom. The highest BCUT2D eigenvalue weighted by molar-refractivity contribution is 7.98. The number of anilines is 1. The summed E-state index contributed by atoms with van der Waals surface area (Å²) in [5.74, 6) is 0.770. The zero-order valence-electron chi connectivity index (χ0n) is 9.71. The van der Waals surface area contributed by atoms with Gasteiger partial charge < -0.3 is 10.2 Å². The van der Waals surface area contributed by atoms with Crippen LogP contribution in [-0.2, 0) is 5.75 Å². The van der Waals surface area contributed by atoms with Gasteiger partial charge in [0.25, 0.3) is 5.22 Å². The number of aryl methyl sites for hydroxylation is 1. The van der Waals surface area contributed by atoms with Gasteiger partial charge in [-0.15, -0.1) is 11.3 Å². The van der Waals surface area contributed by atoms with Gasteiger partial charge >= 0.3 is 0 Å². The molecule has 3 aromatic rings. The number of thioether (sulfide) groups is 1. The molecule has 0 aliphatic heterocycles. The molecule has 0 aliphatic carbocycles. The molecule has 0 atom stereocenters. The lowest BCUT2D eigenvalue weighted by molar-refractivity contribution is 0.489. The van der Waals surface area contributed by atoms with Gasteiger partial charge in [0, 0.05) is 16.8 Å². The van der Waals surface area contributed by atoms with E-state index in [0.29, 0.717) is 10.9 Å². The van der Waals surface area contributed by atoms with Crippen LogP contribution in [0.15, 0.2) is 33.2 Å². The number of hydrogen-bond donors (Lipinski definition) is 1. The lowest BCUT2D eigenvalue weighted by Gasteiger charge is -1.91. The van der Waals surface area contributed by atoms with Crippen molar-refractivity contribution in [2.75, 3.05) is 5.73 Å². The number of nitrogen functional groups attached to an aromatic ring is 1. The number of fused-ring (bicyclic) bond motifs is 1. The van der Waals surface area contributed by atoms with Crippen LogP contribution in [-0.4, -0.2) is 9.97 Å².